The summed E-state index contributed by atoms with van der Waals surface area (Å²) >= 11 is 0. The average molecular weight is 487 g/mol. The molecule has 0 unspecified atom stereocenters. The van der Waals surface area contributed by atoms with Crippen molar-refractivity contribution in [3.05, 3.63) is 82.0 Å². The number of esters is 2. The van der Waals surface area contributed by atoms with Gasteiger partial charge in [0.05, 0.1) is 25.4 Å². The molecule has 0 bridgehead atoms. The molecule has 1 aliphatic carbocycles. The Morgan fingerprint density at radius 1 is 0.694 bits per heavy atom. The number of fused-ring (bicyclic) bond motifs is 5. The van der Waals surface area contributed by atoms with Crippen LogP contribution >= 0.6 is 0 Å². The van der Waals surface area contributed by atoms with Gasteiger partial charge in [-0.3, -0.25) is 9.59 Å². The highest BCUT2D eigenvalue weighted by Crippen LogP contribution is 2.65. The Labute approximate surface area is 208 Å². The third kappa shape index (κ3) is 2.48. The van der Waals surface area contributed by atoms with Crippen molar-refractivity contribution in [3.63, 3.8) is 0 Å². The first kappa shape index (κ1) is 23.5. The smallest absolute Gasteiger partial charge is 0.335 e. The molecule has 2 aromatic carbocycles. The number of hydrogen-bond acceptors (Lipinski definition) is 6. The van der Waals surface area contributed by atoms with Crippen LogP contribution < -0.4 is 9.80 Å². The van der Waals surface area contributed by atoms with E-state index in [2.05, 4.69) is 0 Å². The first-order valence-electron chi connectivity index (χ1n) is 11.5. The predicted molar refractivity (Wildman–Crippen MR) is 133 cm³/mol. The Morgan fingerprint density at radius 2 is 1.06 bits per heavy atom. The Balaban J connectivity index is 2.07. The van der Waals surface area contributed by atoms with E-state index in [0.29, 0.717) is 22.5 Å². The summed E-state index contributed by atoms with van der Waals surface area (Å²) in [6, 6.07) is 10.9. The van der Waals surface area contributed by atoms with Crippen molar-refractivity contribution in [2.75, 3.05) is 38.1 Å². The van der Waals surface area contributed by atoms with Crippen LogP contribution in [0.4, 0.5) is 11.4 Å². The van der Waals surface area contributed by atoms with Gasteiger partial charge in [0.2, 0.25) is 11.8 Å². The van der Waals surface area contributed by atoms with Gasteiger partial charge in [-0.1, -0.05) is 35.4 Å². The summed E-state index contributed by atoms with van der Waals surface area (Å²) in [7, 11) is 5.66. The molecule has 2 heterocycles. The molecule has 2 aliphatic heterocycles. The lowest BCUT2D eigenvalue weighted by atomic mass is 9.49. The van der Waals surface area contributed by atoms with E-state index in [1.807, 2.05) is 26.0 Å². The first-order valence-corrected chi connectivity index (χ1v) is 11.5. The summed E-state index contributed by atoms with van der Waals surface area (Å²) in [6.07, 6.45) is 2.82. The van der Waals surface area contributed by atoms with Crippen molar-refractivity contribution >= 4 is 35.1 Å². The summed E-state index contributed by atoms with van der Waals surface area (Å²) in [4.78, 5) is 58.8. The molecule has 36 heavy (non-hydrogen) atoms. The molecular formula is C28H26N2O6. The quantitative estimate of drug-likeness (QED) is 0.606. The molecule has 0 aromatic heterocycles. The average Bonchev–Trinajstić information content (AvgIpc) is 3.21. The van der Waals surface area contributed by atoms with Gasteiger partial charge >= 0.3 is 11.9 Å². The van der Waals surface area contributed by atoms with Crippen LogP contribution in [-0.2, 0) is 39.5 Å². The number of anilines is 2. The van der Waals surface area contributed by atoms with Crippen molar-refractivity contribution in [2.45, 2.75) is 24.7 Å². The molecule has 184 valence electrons. The summed E-state index contributed by atoms with van der Waals surface area (Å²) in [5.41, 5.74) is -0.192. The minimum absolute atomic E-state index is 0.0186. The molecule has 0 N–H and O–H groups in total. The van der Waals surface area contributed by atoms with Crippen LogP contribution in [0.2, 0.25) is 0 Å². The van der Waals surface area contributed by atoms with Crippen molar-refractivity contribution in [1.82, 2.24) is 0 Å². The van der Waals surface area contributed by atoms with Gasteiger partial charge < -0.3 is 19.3 Å². The number of ether oxygens (including phenoxy) is 2. The van der Waals surface area contributed by atoms with Crippen LogP contribution in [0.1, 0.15) is 22.3 Å². The standard InChI is InChI=1S/C28H26N2O6/c1-15-7-11-21-19(13-15)27(25(33)29(21)3)17(23(31)35-5)9-10-18(24(32)36-6)28(27)20-14-16(2)8-12-22(20)30(4)26(28)34/h7-14H,1-6H3/t27-,28+. The zero-order valence-corrected chi connectivity index (χ0v) is 21.0. The van der Waals surface area contributed by atoms with E-state index in [9.17, 15) is 19.2 Å². The number of aryl methyl sites for hydroxylation is 2. The van der Waals surface area contributed by atoms with Crippen molar-refractivity contribution in [2.24, 2.45) is 0 Å². The minimum atomic E-state index is -1.90. The fourth-order valence-corrected chi connectivity index (χ4v) is 6.17. The van der Waals surface area contributed by atoms with E-state index in [1.165, 1.54) is 36.2 Å². The van der Waals surface area contributed by atoms with E-state index in [0.717, 1.165) is 11.1 Å². The van der Waals surface area contributed by atoms with Crippen LogP contribution in [0.3, 0.4) is 0 Å². The number of carbonyl (C=O) groups is 4. The monoisotopic (exact) mass is 486 g/mol. The number of allylic oxidation sites excluding steroid dienone is 2. The number of amides is 2. The maximum atomic E-state index is 14.6. The fourth-order valence-electron chi connectivity index (χ4n) is 6.17. The predicted octanol–water partition coefficient (Wildman–Crippen LogP) is 2.64. The topological polar surface area (TPSA) is 93.2 Å². The number of hydrogen-bond donors (Lipinski definition) is 0. The summed E-state index contributed by atoms with van der Waals surface area (Å²) in [5, 5.41) is 0. The lowest BCUT2D eigenvalue weighted by Crippen LogP contribution is -2.64. The van der Waals surface area contributed by atoms with E-state index in [1.54, 1.807) is 38.4 Å². The molecule has 2 amide bonds. The number of likely N-dealkylation sites (N-methyl/N-ethyl adjacent to an activating group) is 2. The third-order valence-electron chi connectivity index (χ3n) is 7.68. The molecule has 2 aromatic rings. The maximum Gasteiger partial charge on any atom is 0.335 e. The van der Waals surface area contributed by atoms with Gasteiger partial charge in [-0.2, -0.15) is 0 Å². The van der Waals surface area contributed by atoms with E-state index in [-0.39, 0.29) is 11.1 Å². The number of nitrogens with zero attached hydrogens (tertiary/aromatic N) is 2. The van der Waals surface area contributed by atoms with Crippen LogP contribution in [0.25, 0.3) is 0 Å². The Kier molecular flexibility index (Phi) is 5.00. The van der Waals surface area contributed by atoms with Crippen LogP contribution in [0.15, 0.2) is 59.7 Å². The molecule has 0 saturated heterocycles. The van der Waals surface area contributed by atoms with Crippen LogP contribution in [0.5, 0.6) is 0 Å². The number of carbonyl (C=O) groups excluding carboxylic acids is 4. The van der Waals surface area contributed by atoms with Crippen molar-refractivity contribution < 1.29 is 28.7 Å². The molecule has 3 aliphatic rings. The van der Waals surface area contributed by atoms with E-state index >= 15 is 0 Å². The highest BCUT2D eigenvalue weighted by molar-refractivity contribution is 6.27. The van der Waals surface area contributed by atoms with Gasteiger partial charge in [0, 0.05) is 25.5 Å². The number of benzene rings is 2. The molecule has 2 atom stereocenters. The normalized spacial score (nSPS) is 24.1. The highest BCUT2D eigenvalue weighted by Gasteiger charge is 2.76. The summed E-state index contributed by atoms with van der Waals surface area (Å²) < 4.78 is 10.3. The van der Waals surface area contributed by atoms with E-state index < -0.39 is 34.6 Å². The fraction of sp³-hybridized carbons (Fsp3) is 0.286. The van der Waals surface area contributed by atoms with Gasteiger partial charge in [-0.25, -0.2) is 9.59 Å². The zero-order valence-electron chi connectivity index (χ0n) is 21.0. The number of rotatable bonds is 2. The Morgan fingerprint density at radius 3 is 1.39 bits per heavy atom. The molecule has 2 spiro atoms. The van der Waals surface area contributed by atoms with Gasteiger partial charge in [-0.05, 0) is 49.3 Å². The maximum absolute atomic E-state index is 14.6. The van der Waals surface area contributed by atoms with Gasteiger partial charge in [0.25, 0.3) is 0 Å². The second kappa shape index (κ2) is 7.65. The van der Waals surface area contributed by atoms with Crippen LogP contribution in [-0.4, -0.2) is 52.1 Å². The molecule has 5 rings (SSSR count). The molecule has 0 fully saturated rings. The van der Waals surface area contributed by atoms with E-state index in [4.69, 9.17) is 9.47 Å². The molecule has 8 heteroatoms. The van der Waals surface area contributed by atoms with Crippen molar-refractivity contribution in [1.29, 1.82) is 0 Å². The Bertz CT molecular complexity index is 1340. The molecule has 0 radical (unpaired) electrons. The second-order valence-electron chi connectivity index (χ2n) is 9.41. The second-order valence-corrected chi connectivity index (χ2v) is 9.41. The first-order chi connectivity index (χ1) is 17.1. The summed E-state index contributed by atoms with van der Waals surface area (Å²) in [5.74, 6) is -2.54. The lowest BCUT2D eigenvalue weighted by molar-refractivity contribution is -0.144. The van der Waals surface area contributed by atoms with Gasteiger partial charge in [-0.15, -0.1) is 0 Å². The summed E-state index contributed by atoms with van der Waals surface area (Å²) in [6.45, 7) is 3.73. The van der Waals surface area contributed by atoms with Gasteiger partial charge in [0.1, 0.15) is 10.8 Å². The minimum Gasteiger partial charge on any atom is -0.466 e. The molecule has 8 nitrogen and oxygen atoms in total. The Hall–Kier alpha value is -4.20. The lowest BCUT2D eigenvalue weighted by Gasteiger charge is -2.47. The third-order valence-corrected chi connectivity index (χ3v) is 7.68. The zero-order chi connectivity index (χ0) is 26.2. The highest BCUT2D eigenvalue weighted by atomic mass is 16.5. The SMILES string of the molecule is COC(=O)C1=CC=C(C(=O)OC)[C@@]2(C(=O)N(C)c3ccc(C)cc32)[C@@]12C(=O)N(C)c1ccc(C)cc12. The van der Waals surface area contributed by atoms with Crippen LogP contribution in [0, 0.1) is 13.8 Å². The molecular weight excluding hydrogens is 460 g/mol. The molecule has 0 saturated carbocycles. The number of methoxy groups -OCH3 is 2. The largest absolute Gasteiger partial charge is 0.466 e. The van der Waals surface area contributed by atoms with Gasteiger partial charge in [0.15, 0.2) is 0 Å². The van der Waals surface area contributed by atoms with Crippen molar-refractivity contribution in [3.8, 4) is 0 Å².